The van der Waals surface area contributed by atoms with Crippen LogP contribution in [0.1, 0.15) is 49.7 Å². The zero-order valence-electron chi connectivity index (χ0n) is 20.8. The van der Waals surface area contributed by atoms with E-state index in [1.54, 1.807) is 34.3 Å². The Morgan fingerprint density at radius 3 is 2.43 bits per heavy atom. The van der Waals surface area contributed by atoms with Gasteiger partial charge in [0.1, 0.15) is 17.2 Å². The van der Waals surface area contributed by atoms with Crippen LogP contribution in [0.5, 0.6) is 17.2 Å². The molecular weight excluding hydrogens is 446 g/mol. The van der Waals surface area contributed by atoms with E-state index in [0.717, 1.165) is 22.6 Å². The van der Waals surface area contributed by atoms with Crippen LogP contribution in [0.3, 0.4) is 0 Å². The van der Waals surface area contributed by atoms with Crippen LogP contribution in [-0.2, 0) is 14.3 Å². The first kappa shape index (κ1) is 24.4. The Kier molecular flexibility index (Phi) is 7.15. The normalized spacial score (nSPS) is 19.6. The first-order valence-corrected chi connectivity index (χ1v) is 11.7. The summed E-state index contributed by atoms with van der Waals surface area (Å²) in [6.07, 6.45) is 0.967. The van der Waals surface area contributed by atoms with Gasteiger partial charge in [0.15, 0.2) is 5.78 Å². The summed E-state index contributed by atoms with van der Waals surface area (Å²) in [5.41, 5.74) is 4.26. The van der Waals surface area contributed by atoms with Crippen molar-refractivity contribution in [3.8, 4) is 17.2 Å². The van der Waals surface area contributed by atoms with Crippen molar-refractivity contribution >= 4 is 11.8 Å². The molecule has 0 spiro atoms. The molecule has 0 bridgehead atoms. The molecule has 0 saturated heterocycles. The number of rotatable bonds is 7. The van der Waals surface area contributed by atoms with Crippen molar-refractivity contribution < 1.29 is 28.5 Å². The monoisotopic (exact) mass is 477 g/mol. The highest BCUT2D eigenvalue weighted by Gasteiger charge is 2.42. The molecule has 0 radical (unpaired) electrons. The minimum atomic E-state index is -0.607. The van der Waals surface area contributed by atoms with E-state index < -0.39 is 11.9 Å². The van der Waals surface area contributed by atoms with Crippen LogP contribution in [0.4, 0.5) is 0 Å². The third-order valence-corrected chi connectivity index (χ3v) is 6.64. The Morgan fingerprint density at radius 1 is 1.00 bits per heavy atom. The number of benzene rings is 2. The van der Waals surface area contributed by atoms with E-state index in [1.165, 1.54) is 0 Å². The van der Waals surface area contributed by atoms with Crippen molar-refractivity contribution in [2.45, 2.75) is 38.5 Å². The van der Waals surface area contributed by atoms with Crippen LogP contribution in [0.25, 0.3) is 0 Å². The van der Waals surface area contributed by atoms with Crippen molar-refractivity contribution in [3.05, 3.63) is 76.1 Å². The molecular formula is C28H31NO6. The summed E-state index contributed by atoms with van der Waals surface area (Å²) >= 11 is 0. The lowest BCUT2D eigenvalue weighted by Crippen LogP contribution is -2.36. The van der Waals surface area contributed by atoms with E-state index in [2.05, 4.69) is 5.32 Å². The van der Waals surface area contributed by atoms with E-state index in [1.807, 2.05) is 43.3 Å². The van der Waals surface area contributed by atoms with Crippen molar-refractivity contribution in [1.29, 1.82) is 0 Å². The summed E-state index contributed by atoms with van der Waals surface area (Å²) in [6.45, 7) is 3.85. The Labute approximate surface area is 205 Å². The van der Waals surface area contributed by atoms with Crippen LogP contribution in [0, 0.1) is 0 Å². The number of nitrogens with one attached hydrogen (secondary N) is 1. The quantitative estimate of drug-likeness (QED) is 0.582. The minimum absolute atomic E-state index is 0.000735. The number of hydrogen-bond acceptors (Lipinski definition) is 7. The van der Waals surface area contributed by atoms with Gasteiger partial charge in [-0.2, -0.15) is 0 Å². The van der Waals surface area contributed by atoms with Crippen LogP contribution >= 0.6 is 0 Å². The molecule has 4 rings (SSSR count). The Hall–Kier alpha value is -3.74. The molecule has 7 nitrogen and oxygen atoms in total. The van der Waals surface area contributed by atoms with Gasteiger partial charge in [0, 0.05) is 35.0 Å². The molecule has 2 aliphatic rings. The largest absolute Gasteiger partial charge is 0.497 e. The fraction of sp³-hybridized carbons (Fsp3) is 0.357. The lowest BCUT2D eigenvalue weighted by atomic mass is 9.71. The standard InChI is InChI=1S/C28H31NO6/c1-6-35-28(31)25-16(2)29-22-13-18(17-8-7-9-19(12-17)32-3)14-23(30)27(22)26(25)21-11-10-20(33-4)15-24(21)34-5/h7-12,15,18,26,29H,6,13-14H2,1-5H3/t18-,26-/m0/s1. The molecule has 0 unspecified atom stereocenters. The Balaban J connectivity index is 1.84. The lowest BCUT2D eigenvalue weighted by molar-refractivity contribution is -0.138. The fourth-order valence-electron chi connectivity index (χ4n) is 5.02. The molecule has 0 amide bonds. The van der Waals surface area contributed by atoms with E-state index in [4.69, 9.17) is 18.9 Å². The van der Waals surface area contributed by atoms with Crippen molar-refractivity contribution in [2.75, 3.05) is 27.9 Å². The van der Waals surface area contributed by atoms with Crippen molar-refractivity contribution in [3.63, 3.8) is 0 Å². The van der Waals surface area contributed by atoms with Crippen LogP contribution in [0.2, 0.25) is 0 Å². The maximum absolute atomic E-state index is 13.7. The topological polar surface area (TPSA) is 83.1 Å². The average molecular weight is 478 g/mol. The maximum Gasteiger partial charge on any atom is 0.336 e. The Bertz CT molecular complexity index is 1210. The molecule has 2 atom stereocenters. The van der Waals surface area contributed by atoms with Gasteiger partial charge in [0.2, 0.25) is 0 Å². The number of allylic oxidation sites excluding steroid dienone is 3. The van der Waals surface area contributed by atoms with Gasteiger partial charge in [-0.1, -0.05) is 18.2 Å². The number of esters is 1. The van der Waals surface area contributed by atoms with Gasteiger partial charge in [-0.3, -0.25) is 4.79 Å². The minimum Gasteiger partial charge on any atom is -0.497 e. The van der Waals surface area contributed by atoms with E-state index in [9.17, 15) is 9.59 Å². The molecule has 2 aromatic carbocycles. The predicted octanol–water partition coefficient (Wildman–Crippen LogP) is 4.64. The van der Waals surface area contributed by atoms with Crippen LogP contribution < -0.4 is 19.5 Å². The number of hydrogen-bond donors (Lipinski definition) is 1. The second-order valence-electron chi connectivity index (χ2n) is 8.62. The third-order valence-electron chi connectivity index (χ3n) is 6.64. The number of carbonyl (C=O) groups excluding carboxylic acids is 2. The molecule has 1 aliphatic heterocycles. The third kappa shape index (κ3) is 4.63. The highest BCUT2D eigenvalue weighted by molar-refractivity contribution is 6.04. The number of methoxy groups -OCH3 is 3. The van der Waals surface area contributed by atoms with Gasteiger partial charge in [-0.15, -0.1) is 0 Å². The molecule has 184 valence electrons. The molecule has 0 aromatic heterocycles. The number of ketones is 1. The number of ether oxygens (including phenoxy) is 4. The average Bonchev–Trinajstić information content (AvgIpc) is 2.87. The first-order valence-electron chi connectivity index (χ1n) is 11.7. The highest BCUT2D eigenvalue weighted by Crippen LogP contribution is 2.48. The zero-order valence-corrected chi connectivity index (χ0v) is 20.8. The molecule has 2 aromatic rings. The molecule has 0 saturated carbocycles. The van der Waals surface area contributed by atoms with Crippen molar-refractivity contribution in [1.82, 2.24) is 5.32 Å². The van der Waals surface area contributed by atoms with Crippen LogP contribution in [0.15, 0.2) is 65.0 Å². The van der Waals surface area contributed by atoms with Gasteiger partial charge in [0.05, 0.1) is 39.4 Å². The highest BCUT2D eigenvalue weighted by atomic mass is 16.5. The summed E-state index contributed by atoms with van der Waals surface area (Å²) in [7, 11) is 4.78. The molecule has 0 fully saturated rings. The number of carbonyl (C=O) groups is 2. The molecule has 1 N–H and O–H groups in total. The molecule has 7 heteroatoms. The van der Waals surface area contributed by atoms with Gasteiger partial charge in [-0.25, -0.2) is 4.79 Å². The maximum atomic E-state index is 13.7. The van der Waals surface area contributed by atoms with Gasteiger partial charge in [-0.05, 0) is 49.9 Å². The van der Waals surface area contributed by atoms with E-state index >= 15 is 0 Å². The van der Waals surface area contributed by atoms with E-state index in [0.29, 0.717) is 41.2 Å². The lowest BCUT2D eigenvalue weighted by Gasteiger charge is -2.37. The summed E-state index contributed by atoms with van der Waals surface area (Å²) in [5.74, 6) is 0.857. The number of dihydropyridines is 1. The second kappa shape index (κ2) is 10.3. The van der Waals surface area contributed by atoms with Crippen LogP contribution in [-0.4, -0.2) is 39.7 Å². The SMILES string of the molecule is CCOC(=O)C1=C(C)NC2=C(C(=O)C[C@@H](c3cccc(OC)c3)C2)[C@H]1c1ccc(OC)cc1OC. The van der Waals surface area contributed by atoms with Gasteiger partial charge >= 0.3 is 5.97 Å². The van der Waals surface area contributed by atoms with Crippen molar-refractivity contribution in [2.24, 2.45) is 0 Å². The van der Waals surface area contributed by atoms with Gasteiger partial charge in [0.25, 0.3) is 0 Å². The zero-order chi connectivity index (χ0) is 25.1. The van der Waals surface area contributed by atoms with Gasteiger partial charge < -0.3 is 24.3 Å². The summed E-state index contributed by atoms with van der Waals surface area (Å²) in [5, 5.41) is 3.37. The summed E-state index contributed by atoms with van der Waals surface area (Å²) < 4.78 is 21.8. The predicted molar refractivity (Wildman–Crippen MR) is 132 cm³/mol. The number of Topliss-reactive ketones (excluding diaryl/α,β-unsaturated/α-hetero) is 1. The second-order valence-corrected chi connectivity index (χ2v) is 8.62. The summed E-state index contributed by atoms with van der Waals surface area (Å²) in [6, 6.07) is 13.3. The molecule has 1 aliphatic carbocycles. The fourth-order valence-corrected chi connectivity index (χ4v) is 5.02. The Morgan fingerprint density at radius 2 is 1.74 bits per heavy atom. The summed E-state index contributed by atoms with van der Waals surface area (Å²) in [4.78, 5) is 26.9. The first-order chi connectivity index (χ1) is 16.9. The smallest absolute Gasteiger partial charge is 0.336 e. The molecule has 35 heavy (non-hydrogen) atoms. The molecule has 1 heterocycles. The van der Waals surface area contributed by atoms with E-state index in [-0.39, 0.29) is 18.3 Å².